The first-order chi connectivity index (χ1) is 11.5. The minimum absolute atomic E-state index is 0.0988. The summed E-state index contributed by atoms with van der Waals surface area (Å²) in [5.74, 6) is -1.90. The van der Waals surface area contributed by atoms with Crippen LogP contribution in [-0.2, 0) is 24.8 Å². The molecule has 140 valence electrons. The monoisotopic (exact) mass is 390 g/mol. The summed E-state index contributed by atoms with van der Waals surface area (Å²) in [6.45, 7) is 1.88. The van der Waals surface area contributed by atoms with Gasteiger partial charge >= 0.3 is 5.97 Å². The fourth-order valence-electron chi connectivity index (χ4n) is 2.83. The molecular weight excluding hydrogens is 368 g/mol. The lowest BCUT2D eigenvalue weighted by Crippen LogP contribution is -2.45. The van der Waals surface area contributed by atoms with Crippen LogP contribution in [0.3, 0.4) is 0 Å². The number of nitrogens with zero attached hydrogens (tertiary/aromatic N) is 2. The fraction of sp³-hybridized carbons (Fsp3) is 0.533. The second-order valence-electron chi connectivity index (χ2n) is 6.46. The van der Waals surface area contributed by atoms with Crippen LogP contribution in [0.1, 0.15) is 13.3 Å². The zero-order valence-corrected chi connectivity index (χ0v) is 15.9. The van der Waals surface area contributed by atoms with Gasteiger partial charge < -0.3 is 5.11 Å². The number of benzene rings is 1. The zero-order chi connectivity index (χ0) is 19.0. The molecule has 0 saturated carbocycles. The summed E-state index contributed by atoms with van der Waals surface area (Å²) in [4.78, 5) is 11.0. The van der Waals surface area contributed by atoms with Crippen molar-refractivity contribution in [1.82, 2.24) is 8.61 Å². The lowest BCUT2D eigenvalue weighted by atomic mass is 9.92. The first-order valence-electron chi connectivity index (χ1n) is 7.72. The molecule has 1 aromatic carbocycles. The average molecular weight is 390 g/mol. The maximum atomic E-state index is 12.9. The number of hydrogen-bond acceptors (Lipinski definition) is 5. The predicted octanol–water partition coefficient (Wildman–Crippen LogP) is 0.668. The van der Waals surface area contributed by atoms with E-state index >= 15 is 0 Å². The Bertz CT molecular complexity index is 864. The van der Waals surface area contributed by atoms with E-state index in [0.717, 1.165) is 14.7 Å². The molecular formula is C15H22N2O6S2. The Kier molecular flexibility index (Phi) is 5.57. The highest BCUT2D eigenvalue weighted by Gasteiger charge is 2.36. The Hall–Kier alpha value is -1.49. The number of carbonyl (C=O) groups is 1. The molecule has 0 aliphatic carbocycles. The third-order valence-corrected chi connectivity index (χ3v) is 7.84. The molecule has 1 N–H and O–H groups in total. The Balaban J connectivity index is 2.42. The van der Waals surface area contributed by atoms with E-state index in [-0.39, 0.29) is 28.8 Å². The first-order valence-corrected chi connectivity index (χ1v) is 10.6. The minimum atomic E-state index is -3.98. The van der Waals surface area contributed by atoms with Gasteiger partial charge in [0, 0.05) is 27.2 Å². The number of carboxylic acid groups (broad SMARTS) is 1. The van der Waals surface area contributed by atoms with Crippen LogP contribution >= 0.6 is 0 Å². The summed E-state index contributed by atoms with van der Waals surface area (Å²) >= 11 is 0. The first kappa shape index (κ1) is 19.8. The smallest absolute Gasteiger partial charge is 0.307 e. The molecule has 0 bridgehead atoms. The number of sulfonamides is 2. The Labute approximate surface area is 148 Å². The van der Waals surface area contributed by atoms with Crippen LogP contribution in [0.5, 0.6) is 0 Å². The quantitative estimate of drug-likeness (QED) is 0.791. The molecule has 10 heteroatoms. The third kappa shape index (κ3) is 4.02. The lowest BCUT2D eigenvalue weighted by Gasteiger charge is -2.33. The second-order valence-corrected chi connectivity index (χ2v) is 10.6. The van der Waals surface area contributed by atoms with Gasteiger partial charge in [0.2, 0.25) is 20.0 Å². The standard InChI is InChI=1S/C15H22N2O6S2/c1-11-7-12(15(18)19)10-17(9-11)25(22,23)14-6-4-5-13(8-14)24(20,21)16(2)3/h4-6,8,11-12H,7,9-10H2,1-3H3,(H,18,19). The Morgan fingerprint density at radius 1 is 1.16 bits per heavy atom. The lowest BCUT2D eigenvalue weighted by molar-refractivity contribution is -0.143. The minimum Gasteiger partial charge on any atom is -0.481 e. The van der Waals surface area contributed by atoms with Crippen LogP contribution in [0.25, 0.3) is 0 Å². The molecule has 2 rings (SSSR count). The number of carboxylic acids is 1. The molecule has 8 nitrogen and oxygen atoms in total. The SMILES string of the molecule is CC1CC(C(=O)O)CN(S(=O)(=O)c2cccc(S(=O)(=O)N(C)C)c2)C1. The van der Waals surface area contributed by atoms with E-state index < -0.39 is 31.9 Å². The maximum absolute atomic E-state index is 12.9. The topological polar surface area (TPSA) is 112 Å². The van der Waals surface area contributed by atoms with E-state index in [0.29, 0.717) is 6.42 Å². The van der Waals surface area contributed by atoms with Gasteiger partial charge in [0.05, 0.1) is 15.7 Å². The Morgan fingerprint density at radius 3 is 2.32 bits per heavy atom. The summed E-state index contributed by atoms with van der Waals surface area (Å²) in [6.07, 6.45) is 0.413. The number of hydrogen-bond donors (Lipinski definition) is 1. The molecule has 0 amide bonds. The predicted molar refractivity (Wildman–Crippen MR) is 91.0 cm³/mol. The van der Waals surface area contributed by atoms with Crippen molar-refractivity contribution in [1.29, 1.82) is 0 Å². The van der Waals surface area contributed by atoms with Gasteiger partial charge in [-0.1, -0.05) is 13.0 Å². The van der Waals surface area contributed by atoms with E-state index in [1.54, 1.807) is 6.92 Å². The summed E-state index contributed by atoms with van der Waals surface area (Å²) in [6, 6.07) is 5.12. The molecule has 1 saturated heterocycles. The van der Waals surface area contributed by atoms with Gasteiger partial charge in [0.25, 0.3) is 0 Å². The van der Waals surface area contributed by atoms with Crippen molar-refractivity contribution < 1.29 is 26.7 Å². The average Bonchev–Trinajstić information content (AvgIpc) is 2.54. The van der Waals surface area contributed by atoms with Crippen molar-refractivity contribution in [3.8, 4) is 0 Å². The van der Waals surface area contributed by atoms with Gasteiger partial charge in [-0.25, -0.2) is 21.1 Å². The van der Waals surface area contributed by atoms with Crippen LogP contribution in [-0.4, -0.2) is 63.7 Å². The third-order valence-electron chi connectivity index (χ3n) is 4.20. The van der Waals surface area contributed by atoms with Crippen molar-refractivity contribution >= 4 is 26.0 Å². The van der Waals surface area contributed by atoms with Gasteiger partial charge in [-0.2, -0.15) is 4.31 Å². The fourth-order valence-corrected chi connectivity index (χ4v) is 5.51. The van der Waals surface area contributed by atoms with Crippen LogP contribution in [0, 0.1) is 11.8 Å². The van der Waals surface area contributed by atoms with Crippen molar-refractivity contribution in [3.63, 3.8) is 0 Å². The zero-order valence-electron chi connectivity index (χ0n) is 14.3. The normalized spacial score (nSPS) is 22.9. The second kappa shape index (κ2) is 7.02. The van der Waals surface area contributed by atoms with Crippen molar-refractivity contribution in [2.75, 3.05) is 27.2 Å². The molecule has 1 aliphatic heterocycles. The highest BCUT2D eigenvalue weighted by atomic mass is 32.2. The van der Waals surface area contributed by atoms with Crippen molar-refractivity contribution in [2.24, 2.45) is 11.8 Å². The van der Waals surface area contributed by atoms with Crippen molar-refractivity contribution in [3.05, 3.63) is 24.3 Å². The summed E-state index contributed by atoms with van der Waals surface area (Å²) in [7, 11) is -5.03. The number of rotatable bonds is 5. The molecule has 0 aromatic heterocycles. The molecule has 25 heavy (non-hydrogen) atoms. The molecule has 1 aliphatic rings. The van der Waals surface area contributed by atoms with Gasteiger partial charge in [-0.15, -0.1) is 0 Å². The molecule has 2 atom stereocenters. The highest BCUT2D eigenvalue weighted by Crippen LogP contribution is 2.28. The molecule has 0 radical (unpaired) electrons. The van der Waals surface area contributed by atoms with E-state index in [9.17, 15) is 26.7 Å². The highest BCUT2D eigenvalue weighted by molar-refractivity contribution is 7.90. The molecule has 1 fully saturated rings. The van der Waals surface area contributed by atoms with E-state index in [4.69, 9.17) is 0 Å². The summed E-state index contributed by atoms with van der Waals surface area (Å²) in [5, 5.41) is 9.22. The number of aliphatic carboxylic acids is 1. The summed E-state index contributed by atoms with van der Waals surface area (Å²) < 4.78 is 52.3. The van der Waals surface area contributed by atoms with Crippen LogP contribution in [0.2, 0.25) is 0 Å². The Morgan fingerprint density at radius 2 is 1.76 bits per heavy atom. The van der Waals surface area contributed by atoms with E-state index in [1.165, 1.54) is 32.3 Å². The molecule has 2 unspecified atom stereocenters. The largest absolute Gasteiger partial charge is 0.481 e. The van der Waals surface area contributed by atoms with Gasteiger partial charge in [0.1, 0.15) is 0 Å². The van der Waals surface area contributed by atoms with Gasteiger partial charge in [-0.05, 0) is 30.5 Å². The molecule has 0 spiro atoms. The van der Waals surface area contributed by atoms with Gasteiger partial charge in [0.15, 0.2) is 0 Å². The number of piperidine rings is 1. The molecule has 1 heterocycles. The van der Waals surface area contributed by atoms with Crippen LogP contribution in [0.4, 0.5) is 0 Å². The van der Waals surface area contributed by atoms with E-state index in [1.807, 2.05) is 0 Å². The van der Waals surface area contributed by atoms with E-state index in [2.05, 4.69) is 0 Å². The van der Waals surface area contributed by atoms with Crippen LogP contribution < -0.4 is 0 Å². The maximum Gasteiger partial charge on any atom is 0.307 e. The van der Waals surface area contributed by atoms with Crippen molar-refractivity contribution in [2.45, 2.75) is 23.1 Å². The van der Waals surface area contributed by atoms with Crippen LogP contribution in [0.15, 0.2) is 34.1 Å². The molecule has 1 aromatic rings. The summed E-state index contributed by atoms with van der Waals surface area (Å²) in [5.41, 5.74) is 0. The van der Waals surface area contributed by atoms with Gasteiger partial charge in [-0.3, -0.25) is 4.79 Å².